The zero-order valence-electron chi connectivity index (χ0n) is 16.4. The Kier molecular flexibility index (Phi) is 5.17. The number of alkyl halides is 6. The lowest BCUT2D eigenvalue weighted by atomic mass is 9.98. The molecule has 32 heavy (non-hydrogen) atoms. The molecule has 0 spiro atoms. The Bertz CT molecular complexity index is 1130. The highest BCUT2D eigenvalue weighted by atomic mass is 19.4. The highest BCUT2D eigenvalue weighted by Crippen LogP contribution is 2.38. The quantitative estimate of drug-likeness (QED) is 0.602. The van der Waals surface area contributed by atoms with Gasteiger partial charge in [0.15, 0.2) is 17.0 Å². The maximum absolute atomic E-state index is 13.0. The van der Waals surface area contributed by atoms with E-state index < -0.39 is 41.0 Å². The number of nitrogens with one attached hydrogen (secondary N) is 1. The van der Waals surface area contributed by atoms with Crippen molar-refractivity contribution in [2.75, 3.05) is 23.3 Å². The van der Waals surface area contributed by atoms with Crippen molar-refractivity contribution < 1.29 is 31.1 Å². The number of anilines is 2. The van der Waals surface area contributed by atoms with Gasteiger partial charge in [-0.2, -0.15) is 26.3 Å². The monoisotopic (exact) mass is 459 g/mol. The summed E-state index contributed by atoms with van der Waals surface area (Å²) in [6.45, 7) is 2.71. The molecule has 14 heteroatoms. The minimum Gasteiger partial charge on any atom is -0.353 e. The molecule has 0 radical (unpaired) electrons. The lowest BCUT2D eigenvalue weighted by Gasteiger charge is -2.38. The Balaban J connectivity index is 1.49. The van der Waals surface area contributed by atoms with Gasteiger partial charge in [0.05, 0.1) is 17.0 Å². The summed E-state index contributed by atoms with van der Waals surface area (Å²) >= 11 is 0. The van der Waals surface area contributed by atoms with Crippen LogP contribution in [0.4, 0.5) is 37.8 Å². The fourth-order valence-corrected chi connectivity index (χ4v) is 3.31. The van der Waals surface area contributed by atoms with Gasteiger partial charge in [0, 0.05) is 25.3 Å². The molecule has 4 rings (SSSR count). The predicted octanol–water partition coefficient (Wildman–Crippen LogP) is 3.35. The number of rotatable bonds is 4. The third kappa shape index (κ3) is 4.03. The van der Waals surface area contributed by atoms with Gasteiger partial charge in [0.25, 0.3) is 0 Å². The number of aromatic nitrogens is 5. The third-order valence-electron chi connectivity index (χ3n) is 4.99. The van der Waals surface area contributed by atoms with E-state index in [9.17, 15) is 31.1 Å². The molecule has 1 aromatic carbocycles. The van der Waals surface area contributed by atoms with Crippen LogP contribution >= 0.6 is 0 Å². The van der Waals surface area contributed by atoms with Crippen molar-refractivity contribution in [3.63, 3.8) is 0 Å². The van der Waals surface area contributed by atoms with Gasteiger partial charge in [-0.3, -0.25) is 4.79 Å². The first-order valence-corrected chi connectivity index (χ1v) is 9.37. The minimum absolute atomic E-state index is 0.00453. The van der Waals surface area contributed by atoms with Crippen LogP contribution in [0.1, 0.15) is 18.1 Å². The summed E-state index contributed by atoms with van der Waals surface area (Å²) in [6, 6.07) is 0.950. The molecule has 3 aromatic rings. The summed E-state index contributed by atoms with van der Waals surface area (Å²) in [5.41, 5.74) is -2.64. The molecule has 0 saturated carbocycles. The molecule has 1 aliphatic rings. The van der Waals surface area contributed by atoms with Crippen molar-refractivity contribution in [1.29, 1.82) is 0 Å². The summed E-state index contributed by atoms with van der Waals surface area (Å²) < 4.78 is 79.5. The van der Waals surface area contributed by atoms with Gasteiger partial charge in [0.2, 0.25) is 5.91 Å². The van der Waals surface area contributed by atoms with Gasteiger partial charge in [0.1, 0.15) is 6.33 Å². The Morgan fingerprint density at radius 1 is 1.06 bits per heavy atom. The Labute approximate surface area is 176 Å². The Hall–Kier alpha value is -3.45. The SMILES string of the molecule is CCn1nnc2c(N3CC(C(=O)Nc4cc(C(F)(F)F)cc(C(F)(F)F)c4)C3)ncnc21. The van der Waals surface area contributed by atoms with Crippen molar-refractivity contribution in [3.05, 3.63) is 35.7 Å². The highest BCUT2D eigenvalue weighted by molar-refractivity contribution is 5.95. The minimum atomic E-state index is -5.00. The number of hydrogen-bond acceptors (Lipinski definition) is 6. The molecular weight excluding hydrogens is 444 g/mol. The number of benzene rings is 1. The molecule has 1 amide bonds. The second-order valence-electron chi connectivity index (χ2n) is 7.16. The van der Waals surface area contributed by atoms with Crippen LogP contribution in [0.3, 0.4) is 0 Å². The highest BCUT2D eigenvalue weighted by Gasteiger charge is 2.38. The summed E-state index contributed by atoms with van der Waals surface area (Å²) in [6.07, 6.45) is -8.67. The van der Waals surface area contributed by atoms with Crippen molar-refractivity contribution in [1.82, 2.24) is 25.0 Å². The first-order valence-electron chi connectivity index (χ1n) is 9.37. The molecule has 8 nitrogen and oxygen atoms in total. The smallest absolute Gasteiger partial charge is 0.353 e. The molecule has 0 aliphatic carbocycles. The maximum atomic E-state index is 13.0. The van der Waals surface area contributed by atoms with Crippen LogP contribution in [0.15, 0.2) is 24.5 Å². The number of aryl methyl sites for hydroxylation is 1. The second-order valence-corrected chi connectivity index (χ2v) is 7.16. The fourth-order valence-electron chi connectivity index (χ4n) is 3.31. The third-order valence-corrected chi connectivity index (χ3v) is 4.99. The van der Waals surface area contributed by atoms with Gasteiger partial charge in [-0.25, -0.2) is 14.6 Å². The summed E-state index contributed by atoms with van der Waals surface area (Å²) in [5, 5.41) is 10.1. The van der Waals surface area contributed by atoms with E-state index in [1.807, 2.05) is 6.92 Å². The van der Waals surface area contributed by atoms with Crippen LogP contribution in [0, 0.1) is 5.92 Å². The molecule has 1 fully saturated rings. The first-order chi connectivity index (χ1) is 15.0. The zero-order valence-corrected chi connectivity index (χ0v) is 16.4. The molecule has 3 heterocycles. The molecule has 1 N–H and O–H groups in total. The largest absolute Gasteiger partial charge is 0.416 e. The van der Waals surface area contributed by atoms with Crippen LogP contribution in [0.25, 0.3) is 11.2 Å². The van der Waals surface area contributed by atoms with E-state index in [2.05, 4.69) is 25.6 Å². The van der Waals surface area contributed by atoms with Gasteiger partial charge < -0.3 is 10.2 Å². The topological polar surface area (TPSA) is 88.8 Å². The molecule has 0 bridgehead atoms. The Morgan fingerprint density at radius 2 is 1.69 bits per heavy atom. The lowest BCUT2D eigenvalue weighted by molar-refractivity contribution is -0.143. The molecule has 170 valence electrons. The van der Waals surface area contributed by atoms with Crippen molar-refractivity contribution in [2.45, 2.75) is 25.8 Å². The van der Waals surface area contributed by atoms with Crippen molar-refractivity contribution in [2.24, 2.45) is 5.92 Å². The molecule has 0 unspecified atom stereocenters. The van der Waals surface area contributed by atoms with Crippen LogP contribution in [-0.2, 0) is 23.7 Å². The Morgan fingerprint density at radius 3 is 2.25 bits per heavy atom. The van der Waals surface area contributed by atoms with Gasteiger partial charge in [-0.05, 0) is 25.1 Å². The van der Waals surface area contributed by atoms with E-state index in [1.54, 1.807) is 9.58 Å². The van der Waals surface area contributed by atoms with E-state index in [-0.39, 0.29) is 19.2 Å². The summed E-state index contributed by atoms with van der Waals surface area (Å²) in [4.78, 5) is 22.4. The van der Waals surface area contributed by atoms with Gasteiger partial charge in [-0.1, -0.05) is 5.21 Å². The molecule has 0 atom stereocenters. The average molecular weight is 459 g/mol. The van der Waals surface area contributed by atoms with Gasteiger partial charge >= 0.3 is 12.4 Å². The zero-order chi connectivity index (χ0) is 23.3. The van der Waals surface area contributed by atoms with E-state index in [4.69, 9.17) is 0 Å². The molecular formula is C18H15F6N7O. The molecule has 2 aromatic heterocycles. The molecule has 1 aliphatic heterocycles. The number of halogens is 6. The normalized spacial score (nSPS) is 15.2. The average Bonchev–Trinajstić information content (AvgIpc) is 3.09. The van der Waals surface area contributed by atoms with Crippen LogP contribution in [-0.4, -0.2) is 44.0 Å². The van der Waals surface area contributed by atoms with E-state index >= 15 is 0 Å². The number of amides is 1. The summed E-state index contributed by atoms with van der Waals surface area (Å²) in [5.74, 6) is -0.918. The van der Waals surface area contributed by atoms with Crippen molar-refractivity contribution >= 4 is 28.6 Å². The van der Waals surface area contributed by atoms with E-state index in [0.29, 0.717) is 35.7 Å². The number of carbonyl (C=O) groups is 1. The maximum Gasteiger partial charge on any atom is 0.416 e. The second kappa shape index (κ2) is 7.60. The van der Waals surface area contributed by atoms with Crippen LogP contribution in [0.5, 0.6) is 0 Å². The van der Waals surface area contributed by atoms with Crippen LogP contribution in [0.2, 0.25) is 0 Å². The lowest BCUT2D eigenvalue weighted by Crippen LogP contribution is -2.52. The van der Waals surface area contributed by atoms with E-state index in [1.165, 1.54) is 6.33 Å². The number of fused-ring (bicyclic) bond motifs is 1. The number of nitrogens with zero attached hydrogens (tertiary/aromatic N) is 6. The predicted molar refractivity (Wildman–Crippen MR) is 99.6 cm³/mol. The summed E-state index contributed by atoms with van der Waals surface area (Å²) in [7, 11) is 0. The van der Waals surface area contributed by atoms with Crippen LogP contribution < -0.4 is 10.2 Å². The number of hydrogen-bond donors (Lipinski definition) is 1. The molecule has 1 saturated heterocycles. The fraction of sp³-hybridized carbons (Fsp3) is 0.389. The standard InChI is InChI=1S/C18H15F6N7O/c1-2-31-15-13(28-29-31)14(25-8-26-15)30-6-9(7-30)16(32)27-12-4-10(17(19,20)21)3-11(5-12)18(22,23)24/h3-5,8-9H,2,6-7H2,1H3,(H,27,32). The number of carbonyl (C=O) groups excluding carboxylic acids is 1. The first kappa shape index (κ1) is 21.8. The van der Waals surface area contributed by atoms with E-state index in [0.717, 1.165) is 0 Å². The van der Waals surface area contributed by atoms with Gasteiger partial charge in [-0.15, -0.1) is 5.10 Å². The van der Waals surface area contributed by atoms with Crippen molar-refractivity contribution in [3.8, 4) is 0 Å².